The Kier molecular flexibility index (Phi) is 1.96. The molecule has 0 amide bonds. The van der Waals surface area contributed by atoms with Gasteiger partial charge < -0.3 is 4.57 Å². The van der Waals surface area contributed by atoms with E-state index in [0.717, 1.165) is 0 Å². The Labute approximate surface area is 92.7 Å². The van der Waals surface area contributed by atoms with E-state index in [1.807, 2.05) is 11.6 Å². The van der Waals surface area contributed by atoms with Gasteiger partial charge in [0.05, 0.1) is 10.2 Å². The standard InChI is InChI=1S/C12H14N2S/c1-14-11-9-5-3-2-4-8(9)6-7-10(11)15-12(14)13/h6-7,13H,2-5H2,1H3. The Morgan fingerprint density at radius 2 is 2.07 bits per heavy atom. The quantitative estimate of drug-likeness (QED) is 0.704. The minimum atomic E-state index is 0.656. The molecule has 3 heteroatoms. The van der Waals surface area contributed by atoms with Crippen molar-refractivity contribution in [3.8, 4) is 0 Å². The van der Waals surface area contributed by atoms with E-state index in [9.17, 15) is 0 Å². The SMILES string of the molecule is Cn1c(=N)sc2ccc3c(c21)CCCC3. The van der Waals surface area contributed by atoms with Crippen LogP contribution in [-0.2, 0) is 19.9 Å². The van der Waals surface area contributed by atoms with Crippen molar-refractivity contribution >= 4 is 21.6 Å². The number of hydrogen-bond acceptors (Lipinski definition) is 2. The molecule has 1 aromatic carbocycles. The van der Waals surface area contributed by atoms with Crippen LogP contribution in [0.1, 0.15) is 24.0 Å². The van der Waals surface area contributed by atoms with Crippen molar-refractivity contribution in [3.63, 3.8) is 0 Å². The second-order valence-electron chi connectivity index (χ2n) is 4.22. The molecule has 0 bridgehead atoms. The summed E-state index contributed by atoms with van der Waals surface area (Å²) in [5.74, 6) is 0. The third kappa shape index (κ3) is 1.26. The highest BCUT2D eigenvalue weighted by molar-refractivity contribution is 7.16. The van der Waals surface area contributed by atoms with E-state index in [4.69, 9.17) is 5.41 Å². The topological polar surface area (TPSA) is 28.8 Å². The molecule has 0 fully saturated rings. The Morgan fingerprint density at radius 1 is 1.27 bits per heavy atom. The Balaban J connectivity index is 2.44. The number of aromatic nitrogens is 1. The summed E-state index contributed by atoms with van der Waals surface area (Å²) in [6.07, 6.45) is 5.03. The number of thiazole rings is 1. The van der Waals surface area contributed by atoms with E-state index < -0.39 is 0 Å². The van der Waals surface area contributed by atoms with Crippen molar-refractivity contribution in [2.75, 3.05) is 0 Å². The summed E-state index contributed by atoms with van der Waals surface area (Å²) < 4.78 is 3.30. The first-order valence-corrected chi connectivity index (χ1v) is 6.24. The molecule has 2 nitrogen and oxygen atoms in total. The van der Waals surface area contributed by atoms with Crippen LogP contribution < -0.4 is 4.80 Å². The average molecular weight is 218 g/mol. The van der Waals surface area contributed by atoms with Crippen molar-refractivity contribution < 1.29 is 0 Å². The molecule has 1 aliphatic carbocycles. The molecule has 0 atom stereocenters. The summed E-state index contributed by atoms with van der Waals surface area (Å²) in [6.45, 7) is 0. The molecule has 0 spiro atoms. The number of fused-ring (bicyclic) bond motifs is 3. The predicted molar refractivity (Wildman–Crippen MR) is 63.3 cm³/mol. The van der Waals surface area contributed by atoms with Gasteiger partial charge in [0.1, 0.15) is 0 Å². The summed E-state index contributed by atoms with van der Waals surface area (Å²) in [5, 5.41) is 7.85. The third-order valence-electron chi connectivity index (χ3n) is 3.31. The van der Waals surface area contributed by atoms with E-state index in [1.165, 1.54) is 47.0 Å². The number of nitrogens with zero attached hydrogens (tertiary/aromatic N) is 1. The van der Waals surface area contributed by atoms with Crippen LogP contribution in [0.2, 0.25) is 0 Å². The minimum absolute atomic E-state index is 0.656. The molecular weight excluding hydrogens is 204 g/mol. The van der Waals surface area contributed by atoms with Gasteiger partial charge in [0, 0.05) is 7.05 Å². The van der Waals surface area contributed by atoms with Gasteiger partial charge in [0.15, 0.2) is 4.80 Å². The van der Waals surface area contributed by atoms with Gasteiger partial charge in [0.25, 0.3) is 0 Å². The molecule has 0 unspecified atom stereocenters. The Hall–Kier alpha value is -1.09. The summed E-state index contributed by atoms with van der Waals surface area (Å²) >= 11 is 1.58. The van der Waals surface area contributed by atoms with Crippen molar-refractivity contribution in [3.05, 3.63) is 28.1 Å². The molecule has 1 aromatic heterocycles. The lowest BCUT2D eigenvalue weighted by atomic mass is 9.91. The van der Waals surface area contributed by atoms with Gasteiger partial charge in [-0.3, -0.25) is 5.41 Å². The monoisotopic (exact) mass is 218 g/mol. The van der Waals surface area contributed by atoms with Crippen LogP contribution in [0, 0.1) is 5.41 Å². The van der Waals surface area contributed by atoms with Crippen LogP contribution in [0.15, 0.2) is 12.1 Å². The van der Waals surface area contributed by atoms with Gasteiger partial charge in [-0.1, -0.05) is 17.4 Å². The second kappa shape index (κ2) is 3.20. The Bertz CT molecular complexity index is 577. The van der Waals surface area contributed by atoms with E-state index in [-0.39, 0.29) is 0 Å². The fourth-order valence-corrected chi connectivity index (χ4v) is 3.44. The molecule has 78 valence electrons. The lowest BCUT2D eigenvalue weighted by Gasteiger charge is -2.16. The number of hydrogen-bond donors (Lipinski definition) is 1. The van der Waals surface area contributed by atoms with Gasteiger partial charge in [-0.05, 0) is 42.9 Å². The van der Waals surface area contributed by atoms with E-state index in [2.05, 4.69) is 12.1 Å². The first-order chi connectivity index (χ1) is 7.27. The molecule has 1 aliphatic rings. The summed E-state index contributed by atoms with van der Waals surface area (Å²) in [5.41, 5.74) is 4.31. The highest BCUT2D eigenvalue weighted by Crippen LogP contribution is 2.29. The van der Waals surface area contributed by atoms with Gasteiger partial charge in [-0.2, -0.15) is 0 Å². The van der Waals surface area contributed by atoms with Crippen LogP contribution in [0.4, 0.5) is 0 Å². The summed E-state index contributed by atoms with van der Waals surface area (Å²) in [6, 6.07) is 4.44. The molecule has 15 heavy (non-hydrogen) atoms. The maximum Gasteiger partial charge on any atom is 0.182 e. The molecule has 0 saturated heterocycles. The third-order valence-corrected chi connectivity index (χ3v) is 4.33. The van der Waals surface area contributed by atoms with Crippen molar-refractivity contribution in [2.45, 2.75) is 25.7 Å². The fraction of sp³-hybridized carbons (Fsp3) is 0.417. The smallest absolute Gasteiger partial charge is 0.182 e. The highest BCUT2D eigenvalue weighted by atomic mass is 32.1. The minimum Gasteiger partial charge on any atom is -0.320 e. The zero-order chi connectivity index (χ0) is 10.4. The van der Waals surface area contributed by atoms with Crippen molar-refractivity contribution in [1.29, 1.82) is 5.41 Å². The second-order valence-corrected chi connectivity index (χ2v) is 5.25. The number of rotatable bonds is 0. The lowest BCUT2D eigenvalue weighted by Crippen LogP contribution is -2.10. The van der Waals surface area contributed by atoms with E-state index in [0.29, 0.717) is 4.80 Å². The van der Waals surface area contributed by atoms with Crippen LogP contribution >= 0.6 is 11.3 Å². The van der Waals surface area contributed by atoms with Gasteiger partial charge >= 0.3 is 0 Å². The molecule has 0 saturated carbocycles. The molecular formula is C12H14N2S. The average Bonchev–Trinajstić information content (AvgIpc) is 2.55. The van der Waals surface area contributed by atoms with Crippen molar-refractivity contribution in [2.24, 2.45) is 7.05 Å². The zero-order valence-electron chi connectivity index (χ0n) is 8.84. The van der Waals surface area contributed by atoms with Crippen LogP contribution in [0.25, 0.3) is 10.2 Å². The van der Waals surface area contributed by atoms with Crippen molar-refractivity contribution in [1.82, 2.24) is 4.57 Å². The molecule has 3 rings (SSSR count). The van der Waals surface area contributed by atoms with Crippen LogP contribution in [0.5, 0.6) is 0 Å². The maximum atomic E-state index is 7.85. The number of nitrogens with one attached hydrogen (secondary N) is 1. The van der Waals surface area contributed by atoms with Crippen LogP contribution in [0.3, 0.4) is 0 Å². The highest BCUT2D eigenvalue weighted by Gasteiger charge is 2.15. The van der Waals surface area contributed by atoms with Gasteiger partial charge in [0.2, 0.25) is 0 Å². The molecule has 1 N–H and O–H groups in total. The van der Waals surface area contributed by atoms with E-state index >= 15 is 0 Å². The molecule has 0 aliphatic heterocycles. The van der Waals surface area contributed by atoms with Crippen LogP contribution in [-0.4, -0.2) is 4.57 Å². The summed E-state index contributed by atoms with van der Waals surface area (Å²) in [4.78, 5) is 0.656. The predicted octanol–water partition coefficient (Wildman–Crippen LogP) is 2.60. The number of aryl methyl sites for hydroxylation is 3. The van der Waals surface area contributed by atoms with E-state index in [1.54, 1.807) is 11.3 Å². The Morgan fingerprint density at radius 3 is 2.93 bits per heavy atom. The lowest BCUT2D eigenvalue weighted by molar-refractivity contribution is 0.686. The van der Waals surface area contributed by atoms with Gasteiger partial charge in [-0.25, -0.2) is 0 Å². The first kappa shape index (κ1) is 9.16. The van der Waals surface area contributed by atoms with Gasteiger partial charge in [-0.15, -0.1) is 0 Å². The fourth-order valence-electron chi connectivity index (χ4n) is 2.51. The largest absolute Gasteiger partial charge is 0.320 e. The molecule has 0 radical (unpaired) electrons. The maximum absolute atomic E-state index is 7.85. The summed E-state index contributed by atoms with van der Waals surface area (Å²) in [7, 11) is 2.01. The zero-order valence-corrected chi connectivity index (χ0v) is 9.66. The first-order valence-electron chi connectivity index (χ1n) is 5.42. The molecule has 1 heterocycles. The molecule has 2 aromatic rings. The normalized spacial score (nSPS) is 15.5. The number of benzene rings is 1.